The molecule has 0 unspecified atom stereocenters. The van der Waals surface area contributed by atoms with E-state index in [0.717, 1.165) is 12.1 Å². The number of aromatic nitrogens is 1. The molecular weight excluding hydrogens is 334 g/mol. The number of piperazine rings is 1. The highest BCUT2D eigenvalue weighted by Crippen LogP contribution is 2.16. The van der Waals surface area contributed by atoms with E-state index in [9.17, 15) is 14.4 Å². The van der Waals surface area contributed by atoms with E-state index in [1.54, 1.807) is 41.1 Å². The Kier molecular flexibility index (Phi) is 5.48. The minimum atomic E-state index is -0.410. The predicted octanol–water partition coefficient (Wildman–Crippen LogP) is 0.734. The van der Waals surface area contributed by atoms with Crippen LogP contribution in [0.4, 0.5) is 0 Å². The van der Waals surface area contributed by atoms with Crippen LogP contribution in [0.25, 0.3) is 11.1 Å². The fourth-order valence-electron chi connectivity index (χ4n) is 2.97. The van der Waals surface area contributed by atoms with Crippen LogP contribution in [0.1, 0.15) is 10.4 Å². The molecule has 1 aliphatic heterocycles. The van der Waals surface area contributed by atoms with E-state index in [1.165, 1.54) is 7.11 Å². The second-order valence-corrected chi connectivity index (χ2v) is 6.12. The fraction of sp³-hybridized carbons (Fsp3) is 0.316. The SMILES string of the molecule is COC(=O)c1ccc(-c2cccn(CCN3CCNC(=O)C3)c2=O)cc1. The van der Waals surface area contributed by atoms with Gasteiger partial charge in [-0.15, -0.1) is 0 Å². The molecule has 7 heteroatoms. The number of carbonyl (C=O) groups excluding carboxylic acids is 2. The number of amides is 1. The molecule has 3 rings (SSSR count). The molecule has 1 aromatic carbocycles. The summed E-state index contributed by atoms with van der Waals surface area (Å²) in [5, 5.41) is 2.79. The second-order valence-electron chi connectivity index (χ2n) is 6.12. The van der Waals surface area contributed by atoms with E-state index in [4.69, 9.17) is 0 Å². The molecule has 7 nitrogen and oxygen atoms in total. The van der Waals surface area contributed by atoms with Crippen molar-refractivity contribution >= 4 is 11.9 Å². The molecule has 2 aromatic rings. The van der Waals surface area contributed by atoms with E-state index in [-0.39, 0.29) is 11.5 Å². The van der Waals surface area contributed by atoms with E-state index in [0.29, 0.717) is 37.3 Å². The molecule has 0 aliphatic carbocycles. The number of benzene rings is 1. The highest BCUT2D eigenvalue weighted by molar-refractivity contribution is 5.89. The van der Waals surface area contributed by atoms with Crippen LogP contribution in [0.2, 0.25) is 0 Å². The van der Waals surface area contributed by atoms with Crippen molar-refractivity contribution in [3.8, 4) is 11.1 Å². The second kappa shape index (κ2) is 7.97. The van der Waals surface area contributed by atoms with Gasteiger partial charge in [-0.3, -0.25) is 14.5 Å². The summed E-state index contributed by atoms with van der Waals surface area (Å²) in [5.41, 5.74) is 1.66. The largest absolute Gasteiger partial charge is 0.465 e. The summed E-state index contributed by atoms with van der Waals surface area (Å²) in [6.07, 6.45) is 1.75. The molecule has 2 heterocycles. The van der Waals surface area contributed by atoms with Crippen molar-refractivity contribution in [1.82, 2.24) is 14.8 Å². The lowest BCUT2D eigenvalue weighted by Crippen LogP contribution is -2.48. The summed E-state index contributed by atoms with van der Waals surface area (Å²) < 4.78 is 6.33. The number of hydrogen-bond acceptors (Lipinski definition) is 5. The summed E-state index contributed by atoms with van der Waals surface area (Å²) in [5.74, 6) is -0.393. The van der Waals surface area contributed by atoms with Crippen molar-refractivity contribution in [3.63, 3.8) is 0 Å². The Balaban J connectivity index is 1.75. The van der Waals surface area contributed by atoms with E-state index in [2.05, 4.69) is 10.1 Å². The van der Waals surface area contributed by atoms with Gasteiger partial charge in [0.25, 0.3) is 5.56 Å². The third kappa shape index (κ3) is 4.00. The minimum Gasteiger partial charge on any atom is -0.465 e. The van der Waals surface area contributed by atoms with E-state index >= 15 is 0 Å². The van der Waals surface area contributed by atoms with Crippen LogP contribution in [0.3, 0.4) is 0 Å². The van der Waals surface area contributed by atoms with Crippen LogP contribution in [0.15, 0.2) is 47.4 Å². The van der Waals surface area contributed by atoms with Crippen LogP contribution in [-0.2, 0) is 16.1 Å². The maximum atomic E-state index is 12.8. The number of carbonyl (C=O) groups is 2. The van der Waals surface area contributed by atoms with E-state index in [1.807, 2.05) is 11.0 Å². The summed E-state index contributed by atoms with van der Waals surface area (Å²) in [6.45, 7) is 2.94. The van der Waals surface area contributed by atoms with Crippen molar-refractivity contribution in [2.75, 3.05) is 33.3 Å². The summed E-state index contributed by atoms with van der Waals surface area (Å²) in [4.78, 5) is 37.7. The molecule has 1 fully saturated rings. The molecule has 136 valence electrons. The molecule has 0 spiro atoms. The highest BCUT2D eigenvalue weighted by Gasteiger charge is 2.16. The number of hydrogen-bond donors (Lipinski definition) is 1. The van der Waals surface area contributed by atoms with Crippen molar-refractivity contribution in [1.29, 1.82) is 0 Å². The van der Waals surface area contributed by atoms with Gasteiger partial charge in [0, 0.05) is 37.9 Å². The molecule has 0 radical (unpaired) electrons. The van der Waals surface area contributed by atoms with E-state index < -0.39 is 5.97 Å². The zero-order valence-corrected chi connectivity index (χ0v) is 14.6. The van der Waals surface area contributed by atoms with Gasteiger partial charge in [0.05, 0.1) is 19.2 Å². The van der Waals surface area contributed by atoms with Gasteiger partial charge >= 0.3 is 5.97 Å². The quantitative estimate of drug-likeness (QED) is 0.800. The lowest BCUT2D eigenvalue weighted by Gasteiger charge is -2.26. The lowest BCUT2D eigenvalue weighted by molar-refractivity contribution is -0.124. The van der Waals surface area contributed by atoms with Crippen molar-refractivity contribution < 1.29 is 14.3 Å². The van der Waals surface area contributed by atoms with Gasteiger partial charge in [0.15, 0.2) is 0 Å². The number of esters is 1. The standard InChI is InChI=1S/C19H21N3O4/c1-26-19(25)15-6-4-14(5-7-15)16-3-2-9-22(18(16)24)12-11-21-10-8-20-17(23)13-21/h2-7,9H,8,10-13H2,1H3,(H,20,23). The van der Waals surface area contributed by atoms with Crippen molar-refractivity contribution in [2.24, 2.45) is 0 Å². The lowest BCUT2D eigenvalue weighted by atomic mass is 10.1. The zero-order valence-electron chi connectivity index (χ0n) is 14.6. The zero-order chi connectivity index (χ0) is 18.5. The Morgan fingerprint density at radius 1 is 1.15 bits per heavy atom. The van der Waals surface area contributed by atoms with Gasteiger partial charge in [-0.1, -0.05) is 12.1 Å². The van der Waals surface area contributed by atoms with Crippen LogP contribution in [-0.4, -0.2) is 54.6 Å². The van der Waals surface area contributed by atoms with Crippen LogP contribution < -0.4 is 10.9 Å². The van der Waals surface area contributed by atoms with Crippen molar-refractivity contribution in [3.05, 3.63) is 58.5 Å². The molecule has 1 N–H and O–H groups in total. The van der Waals surface area contributed by atoms with Gasteiger partial charge in [-0.25, -0.2) is 4.79 Å². The van der Waals surface area contributed by atoms with Crippen LogP contribution in [0, 0.1) is 0 Å². The molecule has 1 amide bonds. The molecular formula is C19H21N3O4. The summed E-state index contributed by atoms with van der Waals surface area (Å²) in [7, 11) is 1.33. The summed E-state index contributed by atoms with van der Waals surface area (Å²) in [6, 6.07) is 10.4. The number of pyridine rings is 1. The molecule has 0 bridgehead atoms. The van der Waals surface area contributed by atoms with Gasteiger partial charge in [0.2, 0.25) is 5.91 Å². The number of nitrogens with one attached hydrogen (secondary N) is 1. The third-order valence-corrected chi connectivity index (χ3v) is 4.41. The van der Waals surface area contributed by atoms with Gasteiger partial charge < -0.3 is 14.6 Å². The minimum absolute atomic E-state index is 0.0167. The smallest absolute Gasteiger partial charge is 0.337 e. The monoisotopic (exact) mass is 355 g/mol. The van der Waals surface area contributed by atoms with Gasteiger partial charge in [-0.2, -0.15) is 0 Å². The first kappa shape index (κ1) is 17.9. The first-order valence-corrected chi connectivity index (χ1v) is 8.46. The molecule has 0 atom stereocenters. The van der Waals surface area contributed by atoms with Gasteiger partial charge in [0.1, 0.15) is 0 Å². The third-order valence-electron chi connectivity index (χ3n) is 4.41. The topological polar surface area (TPSA) is 80.6 Å². The Hall–Kier alpha value is -2.93. The first-order valence-electron chi connectivity index (χ1n) is 8.46. The number of ether oxygens (including phenoxy) is 1. The molecule has 1 aromatic heterocycles. The molecule has 26 heavy (non-hydrogen) atoms. The van der Waals surface area contributed by atoms with Crippen LogP contribution in [0.5, 0.6) is 0 Å². The van der Waals surface area contributed by atoms with Crippen molar-refractivity contribution in [2.45, 2.75) is 6.54 Å². The Bertz CT molecular complexity index is 858. The highest BCUT2D eigenvalue weighted by atomic mass is 16.5. The Morgan fingerprint density at radius 2 is 1.92 bits per heavy atom. The molecule has 0 saturated carbocycles. The molecule has 1 saturated heterocycles. The van der Waals surface area contributed by atoms with Crippen LogP contribution >= 0.6 is 0 Å². The normalized spacial score (nSPS) is 14.7. The maximum Gasteiger partial charge on any atom is 0.337 e. The average molecular weight is 355 g/mol. The number of rotatable bonds is 5. The summed E-state index contributed by atoms with van der Waals surface area (Å²) >= 11 is 0. The average Bonchev–Trinajstić information content (AvgIpc) is 2.67. The Labute approximate surface area is 151 Å². The number of methoxy groups -OCH3 is 1. The predicted molar refractivity (Wildman–Crippen MR) is 96.9 cm³/mol. The number of nitrogens with zero attached hydrogens (tertiary/aromatic N) is 2. The van der Waals surface area contributed by atoms with Gasteiger partial charge in [-0.05, 0) is 29.8 Å². The fourth-order valence-corrected chi connectivity index (χ4v) is 2.97. The molecule has 1 aliphatic rings. The maximum absolute atomic E-state index is 12.8. The Morgan fingerprint density at radius 3 is 2.62 bits per heavy atom. The first-order chi connectivity index (χ1) is 12.6.